The van der Waals surface area contributed by atoms with E-state index in [1.54, 1.807) is 18.3 Å². The van der Waals surface area contributed by atoms with Gasteiger partial charge >= 0.3 is 0 Å². The van der Waals surface area contributed by atoms with Crippen molar-refractivity contribution >= 4 is 11.6 Å². The largest absolute Gasteiger partial charge is 0.373 e. The minimum absolute atomic E-state index is 0.128. The van der Waals surface area contributed by atoms with E-state index in [1.165, 1.54) is 5.56 Å². The molecule has 0 spiro atoms. The number of pyridine rings is 1. The Morgan fingerprint density at radius 1 is 1.24 bits per heavy atom. The van der Waals surface area contributed by atoms with Crippen molar-refractivity contribution in [3.8, 4) is 0 Å². The number of amides is 1. The Morgan fingerprint density at radius 3 is 2.72 bits per heavy atom. The quantitative estimate of drug-likeness (QED) is 0.929. The highest BCUT2D eigenvalue weighted by Gasteiger charge is 2.22. The summed E-state index contributed by atoms with van der Waals surface area (Å²) in [6.07, 6.45) is 2.19. The van der Waals surface area contributed by atoms with Crippen molar-refractivity contribution in [2.75, 3.05) is 18.4 Å². The van der Waals surface area contributed by atoms with Crippen molar-refractivity contribution in [2.24, 2.45) is 0 Å². The van der Waals surface area contributed by atoms with E-state index in [0.717, 1.165) is 31.0 Å². The molecule has 1 saturated heterocycles. The molecule has 2 heterocycles. The zero-order valence-corrected chi connectivity index (χ0v) is 15.0. The molecular formula is C20H25N3O2. The third-order valence-corrected chi connectivity index (χ3v) is 4.34. The maximum Gasteiger partial charge on any atom is 0.257 e. The predicted octanol–water partition coefficient (Wildman–Crippen LogP) is 3.25. The number of carbonyl (C=O) groups excluding carboxylic acids is 1. The first-order valence-corrected chi connectivity index (χ1v) is 8.71. The average molecular weight is 339 g/mol. The molecule has 0 radical (unpaired) electrons. The van der Waals surface area contributed by atoms with Gasteiger partial charge in [0, 0.05) is 37.2 Å². The molecule has 1 aliphatic rings. The van der Waals surface area contributed by atoms with Crippen LogP contribution in [0.4, 0.5) is 5.69 Å². The number of morpholine rings is 1. The Morgan fingerprint density at radius 2 is 2.00 bits per heavy atom. The van der Waals surface area contributed by atoms with E-state index in [0.29, 0.717) is 5.56 Å². The summed E-state index contributed by atoms with van der Waals surface area (Å²) in [5.41, 5.74) is 3.32. The first kappa shape index (κ1) is 17.6. The molecule has 1 aliphatic heterocycles. The molecule has 1 amide bonds. The third-order valence-electron chi connectivity index (χ3n) is 4.34. The number of anilines is 1. The van der Waals surface area contributed by atoms with Crippen LogP contribution in [0.5, 0.6) is 0 Å². The predicted molar refractivity (Wildman–Crippen MR) is 98.7 cm³/mol. The molecule has 5 nitrogen and oxygen atoms in total. The molecule has 3 rings (SSSR count). The maximum absolute atomic E-state index is 12.4. The van der Waals surface area contributed by atoms with Gasteiger partial charge in [0.2, 0.25) is 0 Å². The van der Waals surface area contributed by atoms with E-state index in [1.807, 2.05) is 25.1 Å². The molecule has 0 saturated carbocycles. The normalized spacial score (nSPS) is 21.1. The van der Waals surface area contributed by atoms with Crippen LogP contribution >= 0.6 is 0 Å². The van der Waals surface area contributed by atoms with E-state index >= 15 is 0 Å². The Bertz CT molecular complexity index is 737. The fraction of sp³-hybridized carbons (Fsp3) is 0.400. The lowest BCUT2D eigenvalue weighted by Gasteiger charge is -2.35. The molecule has 1 fully saturated rings. The number of nitrogens with zero attached hydrogens (tertiary/aromatic N) is 2. The molecule has 0 bridgehead atoms. The number of aromatic nitrogens is 1. The Kier molecular flexibility index (Phi) is 5.46. The second-order valence-corrected chi connectivity index (χ2v) is 6.74. The number of ether oxygens (including phenoxy) is 1. The van der Waals surface area contributed by atoms with E-state index in [-0.39, 0.29) is 18.1 Å². The average Bonchev–Trinajstić information content (AvgIpc) is 2.54. The summed E-state index contributed by atoms with van der Waals surface area (Å²) >= 11 is 0. The molecule has 132 valence electrons. The molecule has 25 heavy (non-hydrogen) atoms. The molecule has 2 atom stereocenters. The fourth-order valence-corrected chi connectivity index (χ4v) is 3.34. The monoisotopic (exact) mass is 339 g/mol. The second kappa shape index (κ2) is 7.76. The summed E-state index contributed by atoms with van der Waals surface area (Å²) in [6.45, 7) is 8.76. The molecule has 2 aromatic rings. The number of carbonyl (C=O) groups is 1. The lowest BCUT2D eigenvalue weighted by atomic mass is 10.1. The topological polar surface area (TPSA) is 54.5 Å². The summed E-state index contributed by atoms with van der Waals surface area (Å²) in [5.74, 6) is -0.128. The first-order chi connectivity index (χ1) is 12.0. The minimum atomic E-state index is -0.128. The lowest BCUT2D eigenvalue weighted by molar-refractivity contribution is -0.0704. The maximum atomic E-state index is 12.4. The molecule has 0 unspecified atom stereocenters. The van der Waals surface area contributed by atoms with Gasteiger partial charge in [0.1, 0.15) is 0 Å². The summed E-state index contributed by atoms with van der Waals surface area (Å²) < 4.78 is 5.79. The first-order valence-electron chi connectivity index (χ1n) is 8.71. The highest BCUT2D eigenvalue weighted by Crippen LogP contribution is 2.18. The Labute approximate surface area is 149 Å². The van der Waals surface area contributed by atoms with Crippen molar-refractivity contribution < 1.29 is 9.53 Å². The van der Waals surface area contributed by atoms with Crippen molar-refractivity contribution in [3.05, 3.63) is 59.4 Å². The molecule has 1 aromatic heterocycles. The van der Waals surface area contributed by atoms with E-state index in [9.17, 15) is 4.79 Å². The standard InChI is InChI=1S/C20H25N3O2/c1-14-11-23(12-15(2)25-14)13-17-6-4-7-18(10-17)22-20(24)19-8-5-9-21-16(19)3/h4-10,14-15H,11-13H2,1-3H3,(H,22,24)/t14-,15+. The van der Waals surface area contributed by atoms with Gasteiger partial charge in [-0.1, -0.05) is 12.1 Å². The fourth-order valence-electron chi connectivity index (χ4n) is 3.34. The summed E-state index contributed by atoms with van der Waals surface area (Å²) in [7, 11) is 0. The summed E-state index contributed by atoms with van der Waals surface area (Å²) in [5, 5.41) is 2.97. The zero-order valence-electron chi connectivity index (χ0n) is 15.0. The van der Waals surface area contributed by atoms with Crippen LogP contribution in [0.15, 0.2) is 42.6 Å². The SMILES string of the molecule is Cc1ncccc1C(=O)Nc1cccc(CN2C[C@@H](C)O[C@@H](C)C2)c1. The number of hydrogen-bond acceptors (Lipinski definition) is 4. The molecule has 1 N–H and O–H groups in total. The van der Waals surface area contributed by atoms with E-state index in [2.05, 4.69) is 35.1 Å². The highest BCUT2D eigenvalue weighted by molar-refractivity contribution is 6.04. The summed E-state index contributed by atoms with van der Waals surface area (Å²) in [4.78, 5) is 19.0. The van der Waals surface area contributed by atoms with Crippen LogP contribution in [-0.2, 0) is 11.3 Å². The molecule has 0 aliphatic carbocycles. The number of rotatable bonds is 4. The van der Waals surface area contributed by atoms with Crippen LogP contribution in [-0.4, -0.2) is 41.1 Å². The van der Waals surface area contributed by atoms with Crippen LogP contribution in [0.1, 0.15) is 35.5 Å². The number of benzene rings is 1. The number of aryl methyl sites for hydroxylation is 1. The third kappa shape index (κ3) is 4.65. The molecular weight excluding hydrogens is 314 g/mol. The number of hydrogen-bond donors (Lipinski definition) is 1. The highest BCUT2D eigenvalue weighted by atomic mass is 16.5. The molecule has 5 heteroatoms. The van der Waals surface area contributed by atoms with Gasteiger partial charge in [-0.15, -0.1) is 0 Å². The van der Waals surface area contributed by atoms with Gasteiger partial charge in [0.05, 0.1) is 17.8 Å². The molecule has 1 aromatic carbocycles. The van der Waals surface area contributed by atoms with E-state index < -0.39 is 0 Å². The van der Waals surface area contributed by atoms with Crippen molar-refractivity contribution in [1.29, 1.82) is 0 Å². The van der Waals surface area contributed by atoms with Crippen LogP contribution in [0.3, 0.4) is 0 Å². The van der Waals surface area contributed by atoms with Gasteiger partial charge in [-0.25, -0.2) is 0 Å². The van der Waals surface area contributed by atoms with Crippen molar-refractivity contribution in [2.45, 2.75) is 39.5 Å². The van der Waals surface area contributed by atoms with E-state index in [4.69, 9.17) is 4.74 Å². The van der Waals surface area contributed by atoms with Crippen LogP contribution in [0.25, 0.3) is 0 Å². The summed E-state index contributed by atoms with van der Waals surface area (Å²) in [6, 6.07) is 11.6. The van der Waals surface area contributed by atoms with Gasteiger partial charge in [0.15, 0.2) is 0 Å². The van der Waals surface area contributed by atoms with Gasteiger partial charge in [-0.05, 0) is 50.6 Å². The zero-order chi connectivity index (χ0) is 17.8. The number of nitrogens with one attached hydrogen (secondary N) is 1. The second-order valence-electron chi connectivity index (χ2n) is 6.74. The minimum Gasteiger partial charge on any atom is -0.373 e. The Balaban J connectivity index is 1.67. The van der Waals surface area contributed by atoms with Crippen molar-refractivity contribution in [3.63, 3.8) is 0 Å². The van der Waals surface area contributed by atoms with Crippen LogP contribution in [0.2, 0.25) is 0 Å². The Hall–Kier alpha value is -2.24. The van der Waals surface area contributed by atoms with Gasteiger partial charge < -0.3 is 10.1 Å². The lowest BCUT2D eigenvalue weighted by Crippen LogP contribution is -2.44. The van der Waals surface area contributed by atoms with Crippen molar-refractivity contribution in [1.82, 2.24) is 9.88 Å². The van der Waals surface area contributed by atoms with Crippen LogP contribution < -0.4 is 5.32 Å². The van der Waals surface area contributed by atoms with Gasteiger partial charge in [-0.3, -0.25) is 14.7 Å². The van der Waals surface area contributed by atoms with Gasteiger partial charge in [0.25, 0.3) is 5.91 Å². The van der Waals surface area contributed by atoms with Crippen LogP contribution in [0, 0.1) is 6.92 Å². The van der Waals surface area contributed by atoms with Gasteiger partial charge in [-0.2, -0.15) is 0 Å². The smallest absolute Gasteiger partial charge is 0.257 e.